The predicted molar refractivity (Wildman–Crippen MR) is 78.6 cm³/mol. The van der Waals surface area contributed by atoms with Crippen molar-refractivity contribution in [1.82, 2.24) is 0 Å². The standard InChI is InChI=1S/C17H18O3/c1-17(2,3)12-9-10-14(16(18)19)15(11-12)20-13-7-5-4-6-8-13/h4-11H,1-3H3,(H,18,19). The Morgan fingerprint density at radius 2 is 1.70 bits per heavy atom. The van der Waals surface area contributed by atoms with Crippen LogP contribution in [0.25, 0.3) is 0 Å². The maximum absolute atomic E-state index is 11.3. The highest BCUT2D eigenvalue weighted by atomic mass is 16.5. The Balaban J connectivity index is 2.45. The molecule has 0 amide bonds. The van der Waals surface area contributed by atoms with Crippen molar-refractivity contribution in [3.8, 4) is 11.5 Å². The highest BCUT2D eigenvalue weighted by Gasteiger charge is 2.19. The lowest BCUT2D eigenvalue weighted by atomic mass is 9.86. The number of para-hydroxylation sites is 1. The Kier molecular flexibility index (Phi) is 3.79. The van der Waals surface area contributed by atoms with E-state index in [9.17, 15) is 9.90 Å². The number of ether oxygens (including phenoxy) is 1. The van der Waals surface area contributed by atoms with Crippen LogP contribution in [0.5, 0.6) is 11.5 Å². The summed E-state index contributed by atoms with van der Waals surface area (Å²) in [5.41, 5.74) is 1.14. The van der Waals surface area contributed by atoms with E-state index in [0.717, 1.165) is 5.56 Å². The molecular formula is C17H18O3. The number of hydrogen-bond donors (Lipinski definition) is 1. The van der Waals surface area contributed by atoms with E-state index in [1.807, 2.05) is 24.3 Å². The van der Waals surface area contributed by atoms with Crippen LogP contribution in [0.1, 0.15) is 36.7 Å². The lowest BCUT2D eigenvalue weighted by molar-refractivity contribution is 0.0694. The summed E-state index contributed by atoms with van der Waals surface area (Å²) in [6, 6.07) is 14.4. The van der Waals surface area contributed by atoms with Crippen LogP contribution < -0.4 is 4.74 Å². The largest absolute Gasteiger partial charge is 0.478 e. The van der Waals surface area contributed by atoms with Crippen molar-refractivity contribution in [2.45, 2.75) is 26.2 Å². The van der Waals surface area contributed by atoms with Gasteiger partial charge in [0.05, 0.1) is 0 Å². The number of hydrogen-bond acceptors (Lipinski definition) is 2. The molecule has 0 atom stereocenters. The molecular weight excluding hydrogens is 252 g/mol. The van der Waals surface area contributed by atoms with Gasteiger partial charge in [0.25, 0.3) is 0 Å². The van der Waals surface area contributed by atoms with Crippen molar-refractivity contribution in [3.63, 3.8) is 0 Å². The van der Waals surface area contributed by atoms with Gasteiger partial charge in [-0.25, -0.2) is 4.79 Å². The van der Waals surface area contributed by atoms with E-state index in [2.05, 4.69) is 20.8 Å². The van der Waals surface area contributed by atoms with Crippen LogP contribution in [0.3, 0.4) is 0 Å². The number of benzene rings is 2. The Bertz CT molecular complexity index is 610. The highest BCUT2D eigenvalue weighted by molar-refractivity contribution is 5.91. The fourth-order valence-electron chi connectivity index (χ4n) is 1.87. The Morgan fingerprint density at radius 3 is 2.25 bits per heavy atom. The topological polar surface area (TPSA) is 46.5 Å². The maximum atomic E-state index is 11.3. The molecule has 0 aliphatic heterocycles. The van der Waals surface area contributed by atoms with Crippen molar-refractivity contribution < 1.29 is 14.6 Å². The molecule has 20 heavy (non-hydrogen) atoms. The average molecular weight is 270 g/mol. The first-order valence-corrected chi connectivity index (χ1v) is 6.48. The van der Waals surface area contributed by atoms with Crippen LogP contribution in [-0.4, -0.2) is 11.1 Å². The summed E-state index contributed by atoms with van der Waals surface area (Å²) in [7, 11) is 0. The third-order valence-corrected chi connectivity index (χ3v) is 3.05. The van der Waals surface area contributed by atoms with Gasteiger partial charge in [0, 0.05) is 0 Å². The van der Waals surface area contributed by atoms with Gasteiger partial charge in [-0.05, 0) is 35.2 Å². The Hall–Kier alpha value is -2.29. The number of aromatic carboxylic acids is 1. The molecule has 2 rings (SSSR count). The molecule has 1 N–H and O–H groups in total. The van der Waals surface area contributed by atoms with Gasteiger partial charge in [-0.1, -0.05) is 45.0 Å². The molecule has 0 saturated carbocycles. The first-order chi connectivity index (χ1) is 9.38. The quantitative estimate of drug-likeness (QED) is 0.894. The van der Waals surface area contributed by atoms with E-state index < -0.39 is 5.97 Å². The smallest absolute Gasteiger partial charge is 0.339 e. The first-order valence-electron chi connectivity index (χ1n) is 6.48. The van der Waals surface area contributed by atoms with E-state index in [1.54, 1.807) is 24.3 Å². The van der Waals surface area contributed by atoms with Gasteiger partial charge in [0.1, 0.15) is 17.1 Å². The molecule has 3 heteroatoms. The summed E-state index contributed by atoms with van der Waals surface area (Å²) in [5, 5.41) is 9.26. The number of rotatable bonds is 3. The summed E-state index contributed by atoms with van der Waals surface area (Å²) < 4.78 is 5.73. The molecule has 0 heterocycles. The van der Waals surface area contributed by atoms with Gasteiger partial charge in [0.15, 0.2) is 0 Å². The zero-order valence-electron chi connectivity index (χ0n) is 11.9. The van der Waals surface area contributed by atoms with Gasteiger partial charge >= 0.3 is 5.97 Å². The Morgan fingerprint density at radius 1 is 1.05 bits per heavy atom. The third-order valence-electron chi connectivity index (χ3n) is 3.05. The molecule has 0 saturated heterocycles. The van der Waals surface area contributed by atoms with Crippen LogP contribution in [0.15, 0.2) is 48.5 Å². The van der Waals surface area contributed by atoms with Crippen LogP contribution in [0, 0.1) is 0 Å². The average Bonchev–Trinajstić information content (AvgIpc) is 2.38. The molecule has 0 fully saturated rings. The molecule has 2 aromatic rings. The van der Waals surface area contributed by atoms with E-state index in [0.29, 0.717) is 11.5 Å². The van der Waals surface area contributed by atoms with Crippen LogP contribution in [-0.2, 0) is 5.41 Å². The number of carboxylic acid groups (broad SMARTS) is 1. The third kappa shape index (κ3) is 3.18. The molecule has 0 aliphatic rings. The van der Waals surface area contributed by atoms with Crippen LogP contribution in [0.2, 0.25) is 0 Å². The summed E-state index contributed by atoms with van der Waals surface area (Å²) >= 11 is 0. The lowest BCUT2D eigenvalue weighted by Gasteiger charge is -2.20. The minimum Gasteiger partial charge on any atom is -0.478 e. The molecule has 3 nitrogen and oxygen atoms in total. The zero-order valence-corrected chi connectivity index (χ0v) is 11.9. The predicted octanol–water partition coefficient (Wildman–Crippen LogP) is 4.47. The van der Waals surface area contributed by atoms with E-state index in [4.69, 9.17) is 4.74 Å². The fourth-order valence-corrected chi connectivity index (χ4v) is 1.87. The SMILES string of the molecule is CC(C)(C)c1ccc(C(=O)O)c(Oc2ccccc2)c1. The summed E-state index contributed by atoms with van der Waals surface area (Å²) in [6.45, 7) is 6.24. The van der Waals surface area contributed by atoms with Gasteiger partial charge in [-0.3, -0.25) is 0 Å². The second-order valence-electron chi connectivity index (χ2n) is 5.68. The second kappa shape index (κ2) is 5.37. The van der Waals surface area contributed by atoms with E-state index in [1.165, 1.54) is 0 Å². The van der Waals surface area contributed by atoms with E-state index in [-0.39, 0.29) is 11.0 Å². The van der Waals surface area contributed by atoms with Crippen molar-refractivity contribution in [2.24, 2.45) is 0 Å². The molecule has 0 spiro atoms. The minimum atomic E-state index is -0.989. The summed E-state index contributed by atoms with van der Waals surface area (Å²) in [4.78, 5) is 11.3. The van der Waals surface area contributed by atoms with Gasteiger partial charge in [-0.2, -0.15) is 0 Å². The Labute approximate surface area is 118 Å². The molecule has 104 valence electrons. The molecule has 0 bridgehead atoms. The van der Waals surface area contributed by atoms with Crippen LogP contribution in [0.4, 0.5) is 0 Å². The first kappa shape index (κ1) is 14.1. The lowest BCUT2D eigenvalue weighted by Crippen LogP contribution is -2.12. The van der Waals surface area contributed by atoms with Gasteiger partial charge in [-0.15, -0.1) is 0 Å². The van der Waals surface area contributed by atoms with Crippen LogP contribution >= 0.6 is 0 Å². The molecule has 0 aromatic heterocycles. The minimum absolute atomic E-state index is 0.0637. The van der Waals surface area contributed by atoms with Crippen molar-refractivity contribution in [3.05, 3.63) is 59.7 Å². The summed E-state index contributed by atoms with van der Waals surface area (Å²) in [6.07, 6.45) is 0. The maximum Gasteiger partial charge on any atom is 0.339 e. The fraction of sp³-hybridized carbons (Fsp3) is 0.235. The molecule has 0 radical (unpaired) electrons. The number of carbonyl (C=O) groups is 1. The summed E-state index contributed by atoms with van der Waals surface area (Å²) in [5.74, 6) is 0.00794. The highest BCUT2D eigenvalue weighted by Crippen LogP contribution is 2.31. The number of carboxylic acids is 1. The van der Waals surface area contributed by atoms with E-state index >= 15 is 0 Å². The second-order valence-corrected chi connectivity index (χ2v) is 5.68. The molecule has 2 aromatic carbocycles. The normalized spacial score (nSPS) is 11.2. The van der Waals surface area contributed by atoms with Gasteiger partial charge < -0.3 is 9.84 Å². The van der Waals surface area contributed by atoms with Crippen molar-refractivity contribution in [1.29, 1.82) is 0 Å². The van der Waals surface area contributed by atoms with Crippen molar-refractivity contribution >= 4 is 5.97 Å². The van der Waals surface area contributed by atoms with Gasteiger partial charge in [0.2, 0.25) is 0 Å². The monoisotopic (exact) mass is 270 g/mol. The molecule has 0 unspecified atom stereocenters. The van der Waals surface area contributed by atoms with Crippen molar-refractivity contribution in [2.75, 3.05) is 0 Å². The zero-order chi connectivity index (χ0) is 14.8. The molecule has 0 aliphatic carbocycles.